The lowest BCUT2D eigenvalue weighted by molar-refractivity contribution is -0.187. The number of hydrogen-bond acceptors (Lipinski definition) is 6. The maximum atomic E-state index is 15.0. The molecule has 3 atom stereocenters. The quantitative estimate of drug-likeness (QED) is 0.350. The molecule has 4 amide bonds. The van der Waals surface area contributed by atoms with Crippen LogP contribution < -0.4 is 10.6 Å². The summed E-state index contributed by atoms with van der Waals surface area (Å²) in [7, 11) is 0. The third-order valence-corrected chi connectivity index (χ3v) is 7.35. The molecule has 0 bridgehead atoms. The van der Waals surface area contributed by atoms with Crippen LogP contribution >= 0.6 is 0 Å². The average Bonchev–Trinajstić information content (AvgIpc) is 3.43. The normalized spacial score (nSPS) is 22.4. The minimum atomic E-state index is -4.80. The Kier molecular flexibility index (Phi) is 8.55. The number of amides is 4. The molecule has 2 aliphatic carbocycles. The van der Waals surface area contributed by atoms with Crippen molar-refractivity contribution >= 4 is 23.8 Å². The number of rotatable bonds is 8. The first-order chi connectivity index (χ1) is 19.8. The Bertz CT molecular complexity index is 1390. The second-order valence-electron chi connectivity index (χ2n) is 10.1. The third-order valence-electron chi connectivity index (χ3n) is 7.35. The molecule has 3 aliphatic rings. The molecule has 4 rings (SSSR count). The van der Waals surface area contributed by atoms with Crippen LogP contribution in [0.25, 0.3) is 0 Å². The summed E-state index contributed by atoms with van der Waals surface area (Å²) in [4.78, 5) is 52.4. The van der Waals surface area contributed by atoms with Crippen LogP contribution in [0.2, 0.25) is 0 Å². The zero-order chi connectivity index (χ0) is 30.8. The lowest BCUT2D eigenvalue weighted by atomic mass is 9.88. The second kappa shape index (κ2) is 11.8. The van der Waals surface area contributed by atoms with E-state index in [4.69, 9.17) is 10.00 Å². The minimum Gasteiger partial charge on any atom is -0.436 e. The van der Waals surface area contributed by atoms with E-state index in [2.05, 4.69) is 10.6 Å². The molecular weight excluding hydrogens is 569 g/mol. The van der Waals surface area contributed by atoms with E-state index in [-0.39, 0.29) is 49.1 Å². The number of carbonyl (C=O) groups excluding carboxylic acids is 4. The van der Waals surface area contributed by atoms with Gasteiger partial charge < -0.3 is 20.3 Å². The van der Waals surface area contributed by atoms with Crippen LogP contribution in [0.1, 0.15) is 31.7 Å². The molecule has 1 fully saturated rings. The molecular formula is C27H26F5N5O5. The van der Waals surface area contributed by atoms with Crippen molar-refractivity contribution in [2.45, 2.75) is 56.6 Å². The number of ether oxygens (including phenoxy) is 1. The van der Waals surface area contributed by atoms with Gasteiger partial charge in [0.25, 0.3) is 0 Å². The number of Topliss-reactive ketones (excluding diaryl/α,β-unsaturated/α-hetero) is 1. The van der Waals surface area contributed by atoms with E-state index in [1.165, 1.54) is 12.1 Å². The van der Waals surface area contributed by atoms with E-state index in [1.807, 2.05) is 6.07 Å². The fourth-order valence-corrected chi connectivity index (χ4v) is 5.10. The summed E-state index contributed by atoms with van der Waals surface area (Å²) >= 11 is 0. The van der Waals surface area contributed by atoms with E-state index < -0.39 is 72.4 Å². The van der Waals surface area contributed by atoms with Gasteiger partial charge in [-0.3, -0.25) is 14.5 Å². The van der Waals surface area contributed by atoms with Gasteiger partial charge >= 0.3 is 18.3 Å². The molecule has 1 aromatic carbocycles. The fraction of sp³-hybridized carbons (Fsp3) is 0.444. The van der Waals surface area contributed by atoms with E-state index in [1.54, 1.807) is 0 Å². The average molecular weight is 596 g/mol. The van der Waals surface area contributed by atoms with Gasteiger partial charge in [0.05, 0.1) is 19.0 Å². The number of nitriles is 1. The molecule has 1 spiro atoms. The van der Waals surface area contributed by atoms with E-state index in [9.17, 15) is 36.7 Å². The SMILES string of the molecule is C[C@H](N(Cc1ccc(F)cc1)C(=O)CN1CC2(CCC3=C2C=C(F)C(NC(=O)NCCC#N)C3=O)OC1=O)C(F)(F)F. The van der Waals surface area contributed by atoms with Gasteiger partial charge in [-0.05, 0) is 43.5 Å². The summed E-state index contributed by atoms with van der Waals surface area (Å²) in [6.45, 7) is -0.860. The van der Waals surface area contributed by atoms with Crippen molar-refractivity contribution in [3.05, 3.63) is 58.7 Å². The number of fused-ring (bicyclic) bond motifs is 1. The molecule has 0 radical (unpaired) electrons. The van der Waals surface area contributed by atoms with E-state index >= 15 is 4.39 Å². The lowest BCUT2D eigenvalue weighted by Crippen LogP contribution is -2.50. The standard InChI is InChI=1S/C27H26F5N5O5/c1-15(27(30,31)32)37(12-16-3-5-17(28)6-4-16)21(38)13-36-14-26(42-25(36)41)8-7-18-19(26)11-20(29)22(23(18)39)35-24(40)34-10-2-9-33/h3-6,11,15,22H,2,7-8,10,12-14H2,1H3,(H2,34,35,40)/t15-,22?,26?/m0/s1. The number of nitrogens with zero attached hydrogens (tertiary/aromatic N) is 3. The Morgan fingerprint density at radius 3 is 2.57 bits per heavy atom. The van der Waals surface area contributed by atoms with Crippen LogP contribution in [0, 0.1) is 17.1 Å². The topological polar surface area (TPSA) is 132 Å². The number of urea groups is 1. The van der Waals surface area contributed by atoms with Crippen molar-refractivity contribution < 1.29 is 45.9 Å². The van der Waals surface area contributed by atoms with E-state index in [0.717, 1.165) is 30.0 Å². The van der Waals surface area contributed by atoms with Crippen LogP contribution in [0.5, 0.6) is 0 Å². The predicted octanol–water partition coefficient (Wildman–Crippen LogP) is 3.40. The molecule has 0 saturated carbocycles. The molecule has 1 aromatic rings. The van der Waals surface area contributed by atoms with Crippen molar-refractivity contribution in [1.29, 1.82) is 5.26 Å². The highest BCUT2D eigenvalue weighted by molar-refractivity contribution is 6.06. The molecule has 1 heterocycles. The first kappa shape index (κ1) is 30.5. The van der Waals surface area contributed by atoms with Gasteiger partial charge in [0.2, 0.25) is 5.91 Å². The van der Waals surface area contributed by atoms with Crippen LogP contribution in [0.4, 0.5) is 31.5 Å². The van der Waals surface area contributed by atoms with Gasteiger partial charge in [-0.1, -0.05) is 12.1 Å². The second-order valence-corrected chi connectivity index (χ2v) is 10.1. The number of alkyl halides is 3. The molecule has 42 heavy (non-hydrogen) atoms. The van der Waals surface area contributed by atoms with Gasteiger partial charge in [0.1, 0.15) is 30.3 Å². The van der Waals surface area contributed by atoms with Gasteiger partial charge in [0.15, 0.2) is 11.4 Å². The molecule has 224 valence electrons. The Hall–Kier alpha value is -4.48. The van der Waals surface area contributed by atoms with E-state index in [0.29, 0.717) is 4.90 Å². The molecule has 1 aliphatic heterocycles. The minimum absolute atomic E-state index is 0.00562. The molecule has 2 unspecified atom stereocenters. The smallest absolute Gasteiger partial charge is 0.411 e. The number of nitrogens with one attached hydrogen (secondary N) is 2. The number of hydrogen-bond donors (Lipinski definition) is 2. The summed E-state index contributed by atoms with van der Waals surface area (Å²) in [6.07, 6.45) is -4.74. The zero-order valence-corrected chi connectivity index (χ0v) is 22.3. The number of ketones is 1. The van der Waals surface area contributed by atoms with Crippen molar-refractivity contribution in [2.75, 3.05) is 19.6 Å². The summed E-state index contributed by atoms with van der Waals surface area (Å²) in [5.74, 6) is -3.44. The largest absolute Gasteiger partial charge is 0.436 e. The van der Waals surface area contributed by atoms with Gasteiger partial charge in [-0.2, -0.15) is 18.4 Å². The first-order valence-corrected chi connectivity index (χ1v) is 12.9. The Labute approximate surface area is 236 Å². The zero-order valence-electron chi connectivity index (χ0n) is 22.3. The highest BCUT2D eigenvalue weighted by Gasteiger charge is 2.55. The predicted molar refractivity (Wildman–Crippen MR) is 134 cm³/mol. The maximum absolute atomic E-state index is 15.0. The number of halogens is 5. The van der Waals surface area contributed by atoms with Crippen LogP contribution in [0.15, 0.2) is 47.3 Å². The summed E-state index contributed by atoms with van der Waals surface area (Å²) in [5, 5.41) is 13.1. The van der Waals surface area contributed by atoms with Crippen LogP contribution in [-0.2, 0) is 20.9 Å². The van der Waals surface area contributed by atoms with Gasteiger partial charge in [0, 0.05) is 24.2 Å². The summed E-state index contributed by atoms with van der Waals surface area (Å²) in [6, 6.07) is 1.66. The van der Waals surface area contributed by atoms with Gasteiger partial charge in [-0.25, -0.2) is 18.4 Å². The molecule has 10 nitrogen and oxygen atoms in total. The molecule has 0 aromatic heterocycles. The summed E-state index contributed by atoms with van der Waals surface area (Å²) in [5.41, 5.74) is -1.11. The number of carbonyl (C=O) groups is 4. The first-order valence-electron chi connectivity index (χ1n) is 12.9. The Morgan fingerprint density at radius 1 is 1.24 bits per heavy atom. The van der Waals surface area contributed by atoms with Crippen LogP contribution in [-0.4, -0.2) is 77.1 Å². The summed E-state index contributed by atoms with van der Waals surface area (Å²) < 4.78 is 74.7. The van der Waals surface area contributed by atoms with Gasteiger partial charge in [-0.15, -0.1) is 0 Å². The Morgan fingerprint density at radius 2 is 1.93 bits per heavy atom. The Balaban J connectivity index is 1.49. The third kappa shape index (κ3) is 6.22. The lowest BCUT2D eigenvalue weighted by Gasteiger charge is -2.32. The molecule has 1 saturated heterocycles. The molecule has 2 N–H and O–H groups in total. The highest BCUT2D eigenvalue weighted by atomic mass is 19.4. The van der Waals surface area contributed by atoms with Crippen LogP contribution in [0.3, 0.4) is 0 Å². The van der Waals surface area contributed by atoms with Crippen molar-refractivity contribution in [3.8, 4) is 6.07 Å². The monoisotopic (exact) mass is 595 g/mol. The number of benzene rings is 1. The maximum Gasteiger partial charge on any atom is 0.411 e. The van der Waals surface area contributed by atoms with Crippen molar-refractivity contribution in [2.24, 2.45) is 0 Å². The van der Waals surface area contributed by atoms with Crippen molar-refractivity contribution in [3.63, 3.8) is 0 Å². The molecule has 15 heteroatoms. The fourth-order valence-electron chi connectivity index (χ4n) is 5.10. The van der Waals surface area contributed by atoms with Crippen molar-refractivity contribution in [1.82, 2.24) is 20.4 Å². The highest BCUT2D eigenvalue weighted by Crippen LogP contribution is 2.46.